The lowest BCUT2D eigenvalue weighted by Gasteiger charge is -2.27. The summed E-state index contributed by atoms with van der Waals surface area (Å²) in [4.78, 5) is 13.6. The van der Waals surface area contributed by atoms with Crippen LogP contribution in [0.2, 0.25) is 0 Å². The summed E-state index contributed by atoms with van der Waals surface area (Å²) >= 11 is 1.42. The van der Waals surface area contributed by atoms with Crippen molar-refractivity contribution in [2.75, 3.05) is 18.0 Å². The zero-order valence-electron chi connectivity index (χ0n) is 11.8. The molecule has 2 N–H and O–H groups in total. The van der Waals surface area contributed by atoms with Crippen LogP contribution in [0.4, 0.5) is 5.95 Å². The molecule has 0 spiro atoms. The van der Waals surface area contributed by atoms with Gasteiger partial charge in [0.2, 0.25) is 11.9 Å². The summed E-state index contributed by atoms with van der Waals surface area (Å²) in [5.41, 5.74) is 5.35. The molecule has 0 radical (unpaired) electrons. The van der Waals surface area contributed by atoms with Gasteiger partial charge in [-0.15, -0.1) is 10.2 Å². The lowest BCUT2D eigenvalue weighted by molar-refractivity contribution is -0.117. The number of hydrogen-bond acceptors (Lipinski definition) is 5. The highest BCUT2D eigenvalue weighted by atomic mass is 32.2. The first-order valence-electron chi connectivity index (χ1n) is 7.32. The predicted molar refractivity (Wildman–Crippen MR) is 78.9 cm³/mol. The van der Waals surface area contributed by atoms with Crippen LogP contribution < -0.4 is 10.6 Å². The number of hydrogen-bond donors (Lipinski definition) is 1. The summed E-state index contributed by atoms with van der Waals surface area (Å²) in [6, 6.07) is 0.504. The van der Waals surface area contributed by atoms with Gasteiger partial charge in [-0.1, -0.05) is 11.8 Å². The van der Waals surface area contributed by atoms with Crippen LogP contribution in [0.5, 0.6) is 0 Å². The maximum atomic E-state index is 11.2. The topological polar surface area (TPSA) is 77.0 Å². The summed E-state index contributed by atoms with van der Waals surface area (Å²) in [5, 5.41) is 9.24. The van der Waals surface area contributed by atoms with Gasteiger partial charge in [0, 0.05) is 19.1 Å². The molecule has 0 bridgehead atoms. The number of rotatable bonds is 5. The van der Waals surface area contributed by atoms with Gasteiger partial charge in [0.05, 0.1) is 5.25 Å². The van der Waals surface area contributed by atoms with Crippen molar-refractivity contribution in [3.05, 3.63) is 0 Å². The van der Waals surface area contributed by atoms with Crippen molar-refractivity contribution in [1.29, 1.82) is 0 Å². The highest BCUT2D eigenvalue weighted by molar-refractivity contribution is 8.00. The quantitative estimate of drug-likeness (QED) is 0.834. The number of carbonyl (C=O) groups is 1. The van der Waals surface area contributed by atoms with E-state index in [9.17, 15) is 4.79 Å². The second kappa shape index (κ2) is 5.63. The van der Waals surface area contributed by atoms with E-state index in [0.29, 0.717) is 6.04 Å². The van der Waals surface area contributed by atoms with Gasteiger partial charge in [-0.25, -0.2) is 0 Å². The molecule has 2 aliphatic rings. The minimum Gasteiger partial charge on any atom is -0.369 e. The average molecular weight is 295 g/mol. The van der Waals surface area contributed by atoms with Crippen LogP contribution >= 0.6 is 11.8 Å². The molecule has 3 rings (SSSR count). The van der Waals surface area contributed by atoms with Crippen LogP contribution in [0.25, 0.3) is 0 Å². The molecule has 1 saturated carbocycles. The lowest BCUT2D eigenvalue weighted by atomic mass is 10.1. The Morgan fingerprint density at radius 2 is 2.00 bits per heavy atom. The molecule has 1 unspecified atom stereocenters. The second-order valence-electron chi connectivity index (χ2n) is 5.59. The Labute approximate surface area is 123 Å². The Bertz CT molecular complexity index is 493. The van der Waals surface area contributed by atoms with Crippen molar-refractivity contribution >= 4 is 23.6 Å². The van der Waals surface area contributed by atoms with Gasteiger partial charge >= 0.3 is 0 Å². The minimum atomic E-state index is -0.306. The Morgan fingerprint density at radius 1 is 1.30 bits per heavy atom. The third-order valence-corrected chi connectivity index (χ3v) is 4.96. The fourth-order valence-electron chi connectivity index (χ4n) is 2.53. The van der Waals surface area contributed by atoms with Crippen molar-refractivity contribution in [3.63, 3.8) is 0 Å². The van der Waals surface area contributed by atoms with Gasteiger partial charge in [-0.3, -0.25) is 9.36 Å². The molecule has 1 aliphatic carbocycles. The van der Waals surface area contributed by atoms with Crippen LogP contribution in [-0.2, 0) is 4.79 Å². The number of thioether (sulfide) groups is 1. The fourth-order valence-corrected chi connectivity index (χ4v) is 3.39. The van der Waals surface area contributed by atoms with Crippen molar-refractivity contribution in [1.82, 2.24) is 14.8 Å². The first-order valence-corrected chi connectivity index (χ1v) is 8.20. The number of nitrogens with two attached hydrogens (primary N) is 1. The molecule has 1 atom stereocenters. The zero-order chi connectivity index (χ0) is 14.1. The van der Waals surface area contributed by atoms with E-state index in [2.05, 4.69) is 19.7 Å². The normalized spacial score (nSPS) is 20.9. The second-order valence-corrected chi connectivity index (χ2v) is 6.90. The molecule has 2 fully saturated rings. The van der Waals surface area contributed by atoms with E-state index in [1.807, 2.05) is 6.92 Å². The predicted octanol–water partition coefficient (Wildman–Crippen LogP) is 1.57. The molecule has 2 heterocycles. The molecule has 7 heteroatoms. The molecule has 6 nitrogen and oxygen atoms in total. The van der Waals surface area contributed by atoms with Crippen LogP contribution in [0.3, 0.4) is 0 Å². The molecular weight excluding hydrogens is 274 g/mol. The minimum absolute atomic E-state index is 0.272. The number of piperidine rings is 1. The maximum absolute atomic E-state index is 11.2. The van der Waals surface area contributed by atoms with E-state index in [4.69, 9.17) is 5.73 Å². The van der Waals surface area contributed by atoms with Crippen LogP contribution in [0, 0.1) is 0 Å². The number of anilines is 1. The molecule has 1 amide bonds. The van der Waals surface area contributed by atoms with Crippen molar-refractivity contribution in [3.8, 4) is 0 Å². The van der Waals surface area contributed by atoms with E-state index >= 15 is 0 Å². The standard InChI is InChI=1S/C13H21N5OS/c1-9(11(14)19)20-13-16-15-12(18(13)10-5-6-10)17-7-3-2-4-8-17/h9-10H,2-8H2,1H3,(H2,14,19). The average Bonchev–Trinajstić information content (AvgIpc) is 3.21. The van der Waals surface area contributed by atoms with Gasteiger partial charge < -0.3 is 10.6 Å². The number of carbonyl (C=O) groups excluding carboxylic acids is 1. The van der Waals surface area contributed by atoms with Crippen LogP contribution in [0.1, 0.15) is 45.1 Å². The van der Waals surface area contributed by atoms with Crippen molar-refractivity contribution in [2.24, 2.45) is 5.73 Å². The molecular formula is C13H21N5OS. The highest BCUT2D eigenvalue weighted by Crippen LogP contribution is 2.41. The Hall–Kier alpha value is -1.24. The van der Waals surface area contributed by atoms with E-state index < -0.39 is 0 Å². The summed E-state index contributed by atoms with van der Waals surface area (Å²) in [7, 11) is 0. The largest absolute Gasteiger partial charge is 0.369 e. The molecule has 1 aromatic rings. The van der Waals surface area contributed by atoms with Gasteiger partial charge in [0.1, 0.15) is 0 Å². The van der Waals surface area contributed by atoms with Crippen LogP contribution in [0.15, 0.2) is 5.16 Å². The molecule has 1 aromatic heterocycles. The Kier molecular flexibility index (Phi) is 3.87. The molecule has 110 valence electrons. The first kappa shape index (κ1) is 13.7. The molecule has 0 aromatic carbocycles. The number of primary amides is 1. The smallest absolute Gasteiger partial charge is 0.230 e. The van der Waals surface area contributed by atoms with Gasteiger partial charge in [-0.05, 0) is 39.0 Å². The SMILES string of the molecule is CC(Sc1nnc(N2CCCCC2)n1C1CC1)C(N)=O. The third-order valence-electron chi connectivity index (χ3n) is 3.88. The lowest BCUT2D eigenvalue weighted by Crippen LogP contribution is -2.32. The Balaban J connectivity index is 1.83. The number of aromatic nitrogens is 3. The summed E-state index contributed by atoms with van der Waals surface area (Å²) < 4.78 is 2.22. The highest BCUT2D eigenvalue weighted by Gasteiger charge is 2.32. The fraction of sp³-hybridized carbons (Fsp3) is 0.769. The number of nitrogens with zero attached hydrogens (tertiary/aromatic N) is 4. The zero-order valence-corrected chi connectivity index (χ0v) is 12.6. The van der Waals surface area contributed by atoms with Gasteiger partial charge in [-0.2, -0.15) is 0 Å². The van der Waals surface area contributed by atoms with E-state index in [1.54, 1.807) is 0 Å². The molecule has 1 aliphatic heterocycles. The Morgan fingerprint density at radius 3 is 2.60 bits per heavy atom. The molecule has 20 heavy (non-hydrogen) atoms. The third kappa shape index (κ3) is 2.77. The van der Waals surface area contributed by atoms with Crippen LogP contribution in [-0.4, -0.2) is 39.0 Å². The molecule has 1 saturated heterocycles. The first-order chi connectivity index (χ1) is 9.66. The summed E-state index contributed by atoms with van der Waals surface area (Å²) in [5.74, 6) is 0.672. The van der Waals surface area contributed by atoms with Gasteiger partial charge in [0.25, 0.3) is 0 Å². The van der Waals surface area contributed by atoms with E-state index in [0.717, 1.165) is 24.2 Å². The van der Waals surface area contributed by atoms with Crippen molar-refractivity contribution in [2.45, 2.75) is 55.5 Å². The van der Waals surface area contributed by atoms with E-state index in [-0.39, 0.29) is 11.2 Å². The number of amides is 1. The van der Waals surface area contributed by atoms with Crippen molar-refractivity contribution < 1.29 is 4.79 Å². The maximum Gasteiger partial charge on any atom is 0.230 e. The summed E-state index contributed by atoms with van der Waals surface area (Å²) in [6.07, 6.45) is 6.10. The van der Waals surface area contributed by atoms with E-state index in [1.165, 1.54) is 43.9 Å². The van der Waals surface area contributed by atoms with Gasteiger partial charge in [0.15, 0.2) is 5.16 Å². The monoisotopic (exact) mass is 295 g/mol. The summed E-state index contributed by atoms with van der Waals surface area (Å²) in [6.45, 7) is 3.93.